The predicted molar refractivity (Wildman–Crippen MR) is 85.5 cm³/mol. The SMILES string of the molecule is CC(C)(CCc1cc(Cl)c(Cl)cc1C(=O)O)[Si](C)(C)O. The van der Waals surface area contributed by atoms with Crippen molar-refractivity contribution in [3.63, 3.8) is 0 Å². The summed E-state index contributed by atoms with van der Waals surface area (Å²) in [7, 11) is -2.31. The highest BCUT2D eigenvalue weighted by atomic mass is 35.5. The molecule has 0 aliphatic rings. The summed E-state index contributed by atoms with van der Waals surface area (Å²) in [6, 6.07) is 2.99. The highest BCUT2D eigenvalue weighted by molar-refractivity contribution is 6.72. The van der Waals surface area contributed by atoms with Gasteiger partial charge >= 0.3 is 5.97 Å². The molecule has 0 radical (unpaired) electrons. The van der Waals surface area contributed by atoms with Gasteiger partial charge in [-0.2, -0.15) is 0 Å². The molecule has 0 unspecified atom stereocenters. The van der Waals surface area contributed by atoms with Crippen molar-refractivity contribution in [2.75, 3.05) is 0 Å². The maximum absolute atomic E-state index is 11.3. The summed E-state index contributed by atoms with van der Waals surface area (Å²) in [6.07, 6.45) is 1.24. The maximum atomic E-state index is 11.3. The van der Waals surface area contributed by atoms with Gasteiger partial charge in [0.25, 0.3) is 0 Å². The number of carbonyl (C=O) groups is 1. The molecule has 0 aliphatic carbocycles. The van der Waals surface area contributed by atoms with Crippen molar-refractivity contribution in [1.29, 1.82) is 0 Å². The summed E-state index contributed by atoms with van der Waals surface area (Å²) in [6.45, 7) is 7.80. The molecule has 0 fully saturated rings. The topological polar surface area (TPSA) is 57.5 Å². The lowest BCUT2D eigenvalue weighted by atomic mass is 9.98. The molecule has 0 aromatic heterocycles. The average Bonchev–Trinajstić information content (AvgIpc) is 2.28. The largest absolute Gasteiger partial charge is 0.478 e. The minimum absolute atomic E-state index is 0.174. The molecule has 0 heterocycles. The number of benzene rings is 1. The van der Waals surface area contributed by atoms with E-state index in [0.29, 0.717) is 23.4 Å². The van der Waals surface area contributed by atoms with Gasteiger partial charge in [-0.25, -0.2) is 4.79 Å². The molecule has 1 aromatic carbocycles. The maximum Gasteiger partial charge on any atom is 0.336 e. The van der Waals surface area contributed by atoms with E-state index >= 15 is 0 Å². The highest BCUT2D eigenvalue weighted by Gasteiger charge is 2.37. The molecule has 6 heteroatoms. The lowest BCUT2D eigenvalue weighted by Crippen LogP contribution is -2.39. The third kappa shape index (κ3) is 3.98. The summed E-state index contributed by atoms with van der Waals surface area (Å²) >= 11 is 11.8. The first kappa shape index (κ1) is 17.5. The normalized spacial score (nSPS) is 12.6. The molecule has 20 heavy (non-hydrogen) atoms. The van der Waals surface area contributed by atoms with Gasteiger partial charge in [0.1, 0.15) is 0 Å². The number of aromatic carboxylic acids is 1. The molecular formula is C14H20Cl2O3Si. The molecule has 0 bridgehead atoms. The lowest BCUT2D eigenvalue weighted by Gasteiger charge is -2.35. The van der Waals surface area contributed by atoms with E-state index in [0.717, 1.165) is 0 Å². The van der Waals surface area contributed by atoms with E-state index < -0.39 is 14.3 Å². The Hall–Kier alpha value is -0.553. The molecule has 1 aromatic rings. The van der Waals surface area contributed by atoms with E-state index in [1.54, 1.807) is 6.07 Å². The monoisotopic (exact) mass is 334 g/mol. The quantitative estimate of drug-likeness (QED) is 0.773. The predicted octanol–water partition coefficient (Wildman–Crippen LogP) is 4.60. The van der Waals surface area contributed by atoms with E-state index in [2.05, 4.69) is 0 Å². The fraction of sp³-hybridized carbons (Fsp3) is 0.500. The second-order valence-electron chi connectivity index (χ2n) is 6.17. The zero-order valence-corrected chi connectivity index (χ0v) is 14.6. The van der Waals surface area contributed by atoms with Crippen LogP contribution in [0, 0.1) is 0 Å². The molecule has 2 N–H and O–H groups in total. The first-order valence-electron chi connectivity index (χ1n) is 6.39. The van der Waals surface area contributed by atoms with E-state index in [1.807, 2.05) is 26.9 Å². The van der Waals surface area contributed by atoms with Gasteiger partial charge < -0.3 is 9.90 Å². The first-order valence-corrected chi connectivity index (χ1v) is 10.1. The van der Waals surface area contributed by atoms with E-state index in [1.165, 1.54) is 6.07 Å². The van der Waals surface area contributed by atoms with Crippen molar-refractivity contribution in [1.82, 2.24) is 0 Å². The number of halogens is 2. The highest BCUT2D eigenvalue weighted by Crippen LogP contribution is 2.40. The van der Waals surface area contributed by atoms with E-state index in [9.17, 15) is 14.7 Å². The van der Waals surface area contributed by atoms with Crippen LogP contribution < -0.4 is 0 Å². The Labute approximate surface area is 130 Å². The molecule has 0 amide bonds. The number of rotatable bonds is 5. The minimum atomic E-state index is -2.31. The van der Waals surface area contributed by atoms with E-state index in [4.69, 9.17) is 23.2 Å². The van der Waals surface area contributed by atoms with Crippen molar-refractivity contribution in [3.05, 3.63) is 33.3 Å². The Bertz CT molecular complexity index is 522. The Morgan fingerprint density at radius 1 is 1.25 bits per heavy atom. The van der Waals surface area contributed by atoms with Gasteiger partial charge in [-0.3, -0.25) is 0 Å². The van der Waals surface area contributed by atoms with Gasteiger partial charge in [-0.1, -0.05) is 37.0 Å². The van der Waals surface area contributed by atoms with Crippen LogP contribution in [0.15, 0.2) is 12.1 Å². The van der Waals surface area contributed by atoms with Crippen LogP contribution in [-0.4, -0.2) is 24.2 Å². The van der Waals surface area contributed by atoms with Crippen molar-refractivity contribution >= 4 is 37.5 Å². The third-order valence-electron chi connectivity index (χ3n) is 4.05. The second kappa shape index (κ2) is 6.06. The Morgan fingerprint density at radius 2 is 1.75 bits per heavy atom. The van der Waals surface area contributed by atoms with Gasteiger partial charge in [0.2, 0.25) is 0 Å². The van der Waals surface area contributed by atoms with Crippen LogP contribution in [0.2, 0.25) is 28.2 Å². The van der Waals surface area contributed by atoms with Crippen LogP contribution in [0.25, 0.3) is 0 Å². The second-order valence-corrected chi connectivity index (χ2v) is 11.5. The number of hydrogen-bond donors (Lipinski definition) is 2. The Morgan fingerprint density at radius 3 is 2.20 bits per heavy atom. The number of carboxylic acid groups (broad SMARTS) is 1. The molecule has 112 valence electrons. The van der Waals surface area contributed by atoms with Gasteiger partial charge in [0.05, 0.1) is 15.6 Å². The molecule has 0 saturated heterocycles. The van der Waals surface area contributed by atoms with Crippen molar-refractivity contribution in [2.24, 2.45) is 0 Å². The van der Waals surface area contributed by atoms with E-state index in [-0.39, 0.29) is 15.6 Å². The van der Waals surface area contributed by atoms with Crippen LogP contribution in [0.4, 0.5) is 0 Å². The lowest BCUT2D eigenvalue weighted by molar-refractivity contribution is 0.0695. The standard InChI is InChI=1S/C14H20Cl2O3Si/c1-14(2,20(3,4)19)6-5-9-7-11(15)12(16)8-10(9)13(17)18/h7-8,19H,5-6H2,1-4H3,(H,17,18). The fourth-order valence-electron chi connectivity index (χ4n) is 1.75. The number of carboxylic acids is 1. The van der Waals surface area contributed by atoms with Crippen molar-refractivity contribution in [2.45, 2.75) is 44.8 Å². The summed E-state index contributed by atoms with van der Waals surface area (Å²) in [5.74, 6) is -1.02. The molecule has 0 aliphatic heterocycles. The Kier molecular flexibility index (Phi) is 5.30. The van der Waals surface area contributed by atoms with Crippen LogP contribution in [0.1, 0.15) is 36.2 Å². The van der Waals surface area contributed by atoms with Crippen LogP contribution in [-0.2, 0) is 6.42 Å². The van der Waals surface area contributed by atoms with Crippen LogP contribution >= 0.6 is 23.2 Å². The molecule has 1 rings (SSSR count). The van der Waals surface area contributed by atoms with Gasteiger partial charge in [-0.15, -0.1) is 0 Å². The van der Waals surface area contributed by atoms with Gasteiger partial charge in [-0.05, 0) is 48.7 Å². The zero-order valence-electron chi connectivity index (χ0n) is 12.1. The molecular weight excluding hydrogens is 315 g/mol. The smallest absolute Gasteiger partial charge is 0.336 e. The Balaban J connectivity index is 3.04. The third-order valence-corrected chi connectivity index (χ3v) is 8.34. The molecule has 3 nitrogen and oxygen atoms in total. The van der Waals surface area contributed by atoms with Gasteiger partial charge in [0.15, 0.2) is 8.32 Å². The van der Waals surface area contributed by atoms with Gasteiger partial charge in [0, 0.05) is 0 Å². The van der Waals surface area contributed by atoms with Crippen LogP contribution in [0.5, 0.6) is 0 Å². The molecule has 0 atom stereocenters. The van der Waals surface area contributed by atoms with Crippen molar-refractivity contribution < 1.29 is 14.7 Å². The average molecular weight is 335 g/mol. The van der Waals surface area contributed by atoms with Crippen LogP contribution in [0.3, 0.4) is 0 Å². The summed E-state index contributed by atoms with van der Waals surface area (Å²) in [4.78, 5) is 21.5. The molecule has 0 spiro atoms. The first-order chi connectivity index (χ1) is 8.95. The summed E-state index contributed by atoms with van der Waals surface area (Å²) in [5, 5.41) is 9.61. The summed E-state index contributed by atoms with van der Waals surface area (Å²) in [5.41, 5.74) is 0.825. The number of aryl methyl sites for hydroxylation is 1. The molecule has 0 saturated carbocycles. The summed E-state index contributed by atoms with van der Waals surface area (Å²) < 4.78 is 0. The number of hydrogen-bond acceptors (Lipinski definition) is 2. The zero-order chi connectivity index (χ0) is 15.7. The van der Waals surface area contributed by atoms with Crippen molar-refractivity contribution in [3.8, 4) is 0 Å². The minimum Gasteiger partial charge on any atom is -0.478 e. The fourth-order valence-corrected chi connectivity index (χ4v) is 2.83.